The van der Waals surface area contributed by atoms with Crippen LogP contribution < -0.4 is 10.6 Å². The second-order valence-corrected chi connectivity index (χ2v) is 6.15. The Morgan fingerprint density at radius 2 is 1.92 bits per heavy atom. The highest BCUT2D eigenvalue weighted by molar-refractivity contribution is 14.0. The molecule has 0 aliphatic carbocycles. The highest BCUT2D eigenvalue weighted by Crippen LogP contribution is 2.09. The molecule has 5 nitrogen and oxygen atoms in total. The first-order valence-electron chi connectivity index (χ1n) is 8.59. The monoisotopic (exact) mass is 482 g/mol. The fourth-order valence-corrected chi connectivity index (χ4v) is 2.37. The van der Waals surface area contributed by atoms with Crippen molar-refractivity contribution < 1.29 is 4.74 Å². The summed E-state index contributed by atoms with van der Waals surface area (Å²) in [4.78, 5) is 6.90. The second kappa shape index (κ2) is 15.7. The van der Waals surface area contributed by atoms with Gasteiger partial charge in [-0.1, -0.05) is 23.7 Å². The van der Waals surface area contributed by atoms with Gasteiger partial charge in [-0.2, -0.15) is 0 Å². The molecule has 144 valence electrons. The molecule has 0 spiro atoms. The number of ether oxygens (including phenoxy) is 1. The van der Waals surface area contributed by atoms with Crippen LogP contribution in [0.3, 0.4) is 0 Å². The number of aliphatic imine (C=N–C) groups is 1. The minimum Gasteiger partial charge on any atom is -0.385 e. The van der Waals surface area contributed by atoms with E-state index in [4.69, 9.17) is 16.3 Å². The van der Waals surface area contributed by atoms with Crippen molar-refractivity contribution >= 4 is 41.5 Å². The van der Waals surface area contributed by atoms with Gasteiger partial charge < -0.3 is 20.3 Å². The number of hydrogen-bond acceptors (Lipinski definition) is 3. The summed E-state index contributed by atoms with van der Waals surface area (Å²) in [6.45, 7) is 7.34. The predicted molar refractivity (Wildman–Crippen MR) is 119 cm³/mol. The van der Waals surface area contributed by atoms with E-state index in [0.717, 1.165) is 63.2 Å². The van der Waals surface area contributed by atoms with Crippen LogP contribution in [-0.2, 0) is 11.2 Å². The van der Waals surface area contributed by atoms with E-state index >= 15 is 0 Å². The number of halogens is 2. The average Bonchev–Trinajstić information content (AvgIpc) is 2.57. The van der Waals surface area contributed by atoms with Crippen molar-refractivity contribution in [3.05, 3.63) is 34.9 Å². The molecule has 0 saturated heterocycles. The standard InChI is InChI=1S/C18H31ClN4O.HI/c1-4-20-18(22-12-14-23(2)13-5-15-24-3)21-11-10-16-6-8-17(19)9-7-16;/h6-9H,4-5,10-15H2,1-3H3,(H2,20,21,22);1H. The number of likely N-dealkylation sites (N-methyl/N-ethyl adjacent to an activating group) is 1. The number of methoxy groups -OCH3 is 1. The van der Waals surface area contributed by atoms with E-state index in [1.165, 1.54) is 5.56 Å². The van der Waals surface area contributed by atoms with Gasteiger partial charge in [-0.05, 0) is 44.5 Å². The molecule has 0 fully saturated rings. The molecule has 0 heterocycles. The van der Waals surface area contributed by atoms with Crippen LogP contribution in [0.5, 0.6) is 0 Å². The van der Waals surface area contributed by atoms with E-state index in [1.807, 2.05) is 12.1 Å². The van der Waals surface area contributed by atoms with Crippen LogP contribution in [0.2, 0.25) is 5.02 Å². The third-order valence-corrected chi connectivity index (χ3v) is 3.86. The maximum Gasteiger partial charge on any atom is 0.191 e. The second-order valence-electron chi connectivity index (χ2n) is 5.71. The van der Waals surface area contributed by atoms with Crippen molar-refractivity contribution in [3.63, 3.8) is 0 Å². The molecule has 1 rings (SSSR count). The molecular formula is C18H32ClIN4O. The highest BCUT2D eigenvalue weighted by atomic mass is 127. The lowest BCUT2D eigenvalue weighted by atomic mass is 10.1. The zero-order valence-electron chi connectivity index (χ0n) is 15.6. The summed E-state index contributed by atoms with van der Waals surface area (Å²) in [5.74, 6) is 0.872. The number of hydrogen-bond donors (Lipinski definition) is 2. The minimum absolute atomic E-state index is 0. The quantitative estimate of drug-likeness (QED) is 0.220. The Hall–Kier alpha value is -0.570. The number of benzene rings is 1. The third-order valence-electron chi connectivity index (χ3n) is 3.60. The SMILES string of the molecule is CCNC(=NCCN(C)CCCOC)NCCc1ccc(Cl)cc1.I. The zero-order chi connectivity index (χ0) is 17.6. The fourth-order valence-electron chi connectivity index (χ4n) is 2.24. The van der Waals surface area contributed by atoms with E-state index in [9.17, 15) is 0 Å². The van der Waals surface area contributed by atoms with Gasteiger partial charge in [-0.25, -0.2) is 0 Å². The molecule has 0 aliphatic rings. The third kappa shape index (κ3) is 12.4. The van der Waals surface area contributed by atoms with Crippen LogP contribution in [-0.4, -0.2) is 64.3 Å². The first-order valence-corrected chi connectivity index (χ1v) is 8.97. The van der Waals surface area contributed by atoms with Crippen molar-refractivity contribution in [3.8, 4) is 0 Å². The van der Waals surface area contributed by atoms with E-state index in [0.29, 0.717) is 0 Å². The summed E-state index contributed by atoms with van der Waals surface area (Å²) in [5.41, 5.74) is 1.26. The van der Waals surface area contributed by atoms with Gasteiger partial charge in [0.15, 0.2) is 5.96 Å². The largest absolute Gasteiger partial charge is 0.385 e. The summed E-state index contributed by atoms with van der Waals surface area (Å²) in [6.07, 6.45) is 1.99. The van der Waals surface area contributed by atoms with Crippen molar-refractivity contribution in [1.29, 1.82) is 0 Å². The molecule has 0 atom stereocenters. The molecule has 7 heteroatoms. The van der Waals surface area contributed by atoms with Crippen molar-refractivity contribution in [2.24, 2.45) is 4.99 Å². The normalized spacial score (nSPS) is 11.3. The Balaban J connectivity index is 0.00000576. The number of nitrogens with zero attached hydrogens (tertiary/aromatic N) is 2. The molecule has 0 bridgehead atoms. The van der Waals surface area contributed by atoms with Crippen molar-refractivity contribution in [2.75, 3.05) is 53.5 Å². The lowest BCUT2D eigenvalue weighted by molar-refractivity contribution is 0.180. The van der Waals surface area contributed by atoms with Crippen molar-refractivity contribution in [1.82, 2.24) is 15.5 Å². The summed E-state index contributed by atoms with van der Waals surface area (Å²) < 4.78 is 5.07. The van der Waals surface area contributed by atoms with Gasteiger partial charge >= 0.3 is 0 Å². The van der Waals surface area contributed by atoms with Crippen LogP contribution in [0.1, 0.15) is 18.9 Å². The maximum absolute atomic E-state index is 5.90. The highest BCUT2D eigenvalue weighted by Gasteiger charge is 2.00. The van der Waals surface area contributed by atoms with Gasteiger partial charge in [-0.3, -0.25) is 4.99 Å². The van der Waals surface area contributed by atoms with Crippen LogP contribution >= 0.6 is 35.6 Å². The summed E-state index contributed by atoms with van der Waals surface area (Å²) in [5, 5.41) is 7.43. The first-order chi connectivity index (χ1) is 11.7. The molecule has 2 N–H and O–H groups in total. The average molecular weight is 483 g/mol. The van der Waals surface area contributed by atoms with Gasteiger partial charge in [0, 0.05) is 44.9 Å². The van der Waals surface area contributed by atoms with Gasteiger partial charge in [-0.15, -0.1) is 24.0 Å². The zero-order valence-corrected chi connectivity index (χ0v) is 18.6. The predicted octanol–water partition coefficient (Wildman–Crippen LogP) is 3.02. The molecule has 0 amide bonds. The summed E-state index contributed by atoms with van der Waals surface area (Å²) in [6, 6.07) is 7.97. The summed E-state index contributed by atoms with van der Waals surface area (Å²) >= 11 is 5.90. The van der Waals surface area contributed by atoms with Gasteiger partial charge in [0.05, 0.1) is 6.54 Å². The van der Waals surface area contributed by atoms with E-state index in [1.54, 1.807) is 7.11 Å². The number of nitrogens with one attached hydrogen (secondary N) is 2. The Bertz CT molecular complexity index is 471. The molecular weight excluding hydrogens is 451 g/mol. The van der Waals surface area contributed by atoms with Gasteiger partial charge in [0.25, 0.3) is 0 Å². The Morgan fingerprint density at radius 1 is 1.20 bits per heavy atom. The van der Waals surface area contributed by atoms with E-state index < -0.39 is 0 Å². The Morgan fingerprint density at radius 3 is 2.56 bits per heavy atom. The maximum atomic E-state index is 5.90. The van der Waals surface area contributed by atoms with Crippen LogP contribution in [0.15, 0.2) is 29.3 Å². The molecule has 0 aromatic heterocycles. The Kier molecular flexibility index (Phi) is 15.3. The van der Waals surface area contributed by atoms with Gasteiger partial charge in [0.1, 0.15) is 0 Å². The van der Waals surface area contributed by atoms with Crippen LogP contribution in [0.4, 0.5) is 0 Å². The molecule has 0 unspecified atom stereocenters. The molecule has 25 heavy (non-hydrogen) atoms. The smallest absolute Gasteiger partial charge is 0.191 e. The topological polar surface area (TPSA) is 48.9 Å². The minimum atomic E-state index is 0. The molecule has 0 aliphatic heterocycles. The van der Waals surface area contributed by atoms with E-state index in [2.05, 4.69) is 46.6 Å². The number of rotatable bonds is 11. The van der Waals surface area contributed by atoms with E-state index in [-0.39, 0.29) is 24.0 Å². The molecule has 0 saturated carbocycles. The molecule has 1 aromatic carbocycles. The number of guanidine groups is 1. The van der Waals surface area contributed by atoms with Crippen LogP contribution in [0, 0.1) is 0 Å². The lowest BCUT2D eigenvalue weighted by Gasteiger charge is -2.16. The molecule has 0 radical (unpaired) electrons. The molecule has 1 aromatic rings. The van der Waals surface area contributed by atoms with Gasteiger partial charge in [0.2, 0.25) is 0 Å². The summed E-state index contributed by atoms with van der Waals surface area (Å²) in [7, 11) is 3.86. The Labute approximate surface area is 174 Å². The lowest BCUT2D eigenvalue weighted by Crippen LogP contribution is -2.39. The van der Waals surface area contributed by atoms with Crippen LogP contribution in [0.25, 0.3) is 0 Å². The first kappa shape index (κ1) is 24.4. The fraction of sp³-hybridized carbons (Fsp3) is 0.611. The van der Waals surface area contributed by atoms with Crippen molar-refractivity contribution in [2.45, 2.75) is 19.8 Å².